The summed E-state index contributed by atoms with van der Waals surface area (Å²) in [6, 6.07) is 0. The lowest BCUT2D eigenvalue weighted by Crippen LogP contribution is -2.09. The second-order valence-electron chi connectivity index (χ2n) is 8.32. The fraction of sp³-hybridized carbons (Fsp3) is 0.478. The topological polar surface area (TPSA) is 114 Å². The molecule has 0 saturated heterocycles. The highest BCUT2D eigenvalue weighted by molar-refractivity contribution is 9.08. The minimum Gasteiger partial charge on any atom is -0.417 e. The number of thiazole rings is 2. The van der Waals surface area contributed by atoms with Crippen LogP contribution in [0.3, 0.4) is 0 Å². The lowest BCUT2D eigenvalue weighted by atomic mass is 10.2. The van der Waals surface area contributed by atoms with Gasteiger partial charge in [-0.05, 0) is 0 Å². The van der Waals surface area contributed by atoms with Gasteiger partial charge in [0.05, 0.1) is 23.5 Å². The average Bonchev–Trinajstić information content (AvgIpc) is 3.70. The zero-order valence-corrected chi connectivity index (χ0v) is 30.0. The first-order valence-corrected chi connectivity index (χ1v) is 18.1. The summed E-state index contributed by atoms with van der Waals surface area (Å²) in [5, 5.41) is 6.06. The number of hydrogen-bond donors (Lipinski definition) is 0. The molecular weight excluding hydrogens is 893 g/mol. The quantitative estimate of drug-likeness (QED) is 0.0920. The van der Waals surface area contributed by atoms with Crippen LogP contribution in [0.15, 0.2) is 21.1 Å². The van der Waals surface area contributed by atoms with Crippen molar-refractivity contribution >= 4 is 83.4 Å². The molecular formula is C23H25BrCl2F10N6O4S4. The fourth-order valence-electron chi connectivity index (χ4n) is 3.13. The van der Waals surface area contributed by atoms with Gasteiger partial charge < -0.3 is 9.47 Å². The molecule has 0 aromatic carbocycles. The van der Waals surface area contributed by atoms with Crippen LogP contribution in [0.4, 0.5) is 43.9 Å². The van der Waals surface area contributed by atoms with Gasteiger partial charge in [0.15, 0.2) is 15.7 Å². The van der Waals surface area contributed by atoms with Gasteiger partial charge in [-0.2, -0.15) is 54.1 Å². The van der Waals surface area contributed by atoms with Gasteiger partial charge in [0.25, 0.3) is 0 Å². The van der Waals surface area contributed by atoms with Crippen LogP contribution in [0.1, 0.15) is 37.4 Å². The van der Waals surface area contributed by atoms with Crippen molar-refractivity contribution in [3.8, 4) is 11.8 Å². The number of nitrogens with zero attached hydrogens (tertiary/aromatic N) is 6. The second kappa shape index (κ2) is 19.7. The van der Waals surface area contributed by atoms with E-state index in [2.05, 4.69) is 45.6 Å². The average molecular weight is 919 g/mol. The Kier molecular flexibility index (Phi) is 18.9. The van der Waals surface area contributed by atoms with E-state index in [0.29, 0.717) is 22.4 Å². The molecule has 0 bridgehead atoms. The summed E-state index contributed by atoms with van der Waals surface area (Å²) in [4.78, 5) is 7.46. The third-order valence-corrected chi connectivity index (χ3v) is 10.5. The van der Waals surface area contributed by atoms with Gasteiger partial charge in [0, 0.05) is 31.4 Å². The molecule has 4 heterocycles. The first kappa shape index (κ1) is 47.9. The predicted molar refractivity (Wildman–Crippen MR) is 173 cm³/mol. The number of aryl methyl sites for hydroxylation is 2. The Morgan fingerprint density at radius 2 is 1.26 bits per heavy atom. The summed E-state index contributed by atoms with van der Waals surface area (Å²) in [6.07, 6.45) is -5.72. The van der Waals surface area contributed by atoms with Crippen LogP contribution in [-0.2, 0) is 47.4 Å². The van der Waals surface area contributed by atoms with Crippen molar-refractivity contribution in [2.24, 2.45) is 14.1 Å². The zero-order valence-electron chi connectivity index (χ0n) is 23.6. The molecule has 286 valence electrons. The molecule has 0 aliphatic heterocycles. The fourth-order valence-corrected chi connectivity index (χ4v) is 7.65. The molecule has 0 aliphatic rings. The second-order valence-corrected chi connectivity index (χ2v) is 15.6. The Balaban J connectivity index is 0.000000756. The van der Waals surface area contributed by atoms with E-state index in [1.807, 2.05) is 0 Å². The Hall–Kier alpha value is -2.06. The number of thioether (sulfide) groups is 1. The number of aromatic nitrogens is 6. The molecule has 0 atom stereocenters. The summed E-state index contributed by atoms with van der Waals surface area (Å²) in [5.41, 5.74) is -3.41. The van der Waals surface area contributed by atoms with Gasteiger partial charge in [0.1, 0.15) is 8.67 Å². The molecule has 10 nitrogen and oxygen atoms in total. The number of alkyl halides is 11. The highest BCUT2D eigenvalue weighted by atomic mass is 79.9. The Labute approximate surface area is 309 Å². The maximum Gasteiger partial charge on any atom is 0.435 e. The summed E-state index contributed by atoms with van der Waals surface area (Å²) < 4.78 is 157. The van der Waals surface area contributed by atoms with Crippen LogP contribution in [-0.4, -0.2) is 57.4 Å². The number of halogens is 13. The van der Waals surface area contributed by atoms with E-state index in [1.54, 1.807) is 0 Å². The third kappa shape index (κ3) is 14.2. The molecule has 50 heavy (non-hydrogen) atoms. The lowest BCUT2D eigenvalue weighted by Gasteiger charge is -2.08. The van der Waals surface area contributed by atoms with Crippen molar-refractivity contribution in [2.75, 3.05) is 6.26 Å². The van der Waals surface area contributed by atoms with Gasteiger partial charge >= 0.3 is 25.6 Å². The van der Waals surface area contributed by atoms with Crippen molar-refractivity contribution in [1.29, 1.82) is 0 Å². The van der Waals surface area contributed by atoms with Gasteiger partial charge in [-0.1, -0.05) is 88.4 Å². The van der Waals surface area contributed by atoms with E-state index in [9.17, 15) is 52.3 Å². The minimum atomic E-state index is -4.78. The molecule has 0 N–H and O–H groups in total. The van der Waals surface area contributed by atoms with E-state index < -0.39 is 69.7 Å². The number of hydrogen-bond acceptors (Lipinski definition) is 11. The van der Waals surface area contributed by atoms with Crippen molar-refractivity contribution in [2.45, 2.75) is 60.2 Å². The van der Waals surface area contributed by atoms with E-state index in [-0.39, 0.29) is 30.3 Å². The first-order chi connectivity index (χ1) is 21.9. The Bertz CT molecular complexity index is 1770. The summed E-state index contributed by atoms with van der Waals surface area (Å²) in [5.74, 6) is -1.51. The van der Waals surface area contributed by atoms with Crippen LogP contribution in [0.2, 0.25) is 8.67 Å². The van der Waals surface area contributed by atoms with Gasteiger partial charge in [-0.3, -0.25) is 0 Å². The normalized spacial score (nSPS) is 11.6. The number of sulfone groups is 1. The van der Waals surface area contributed by atoms with Gasteiger partial charge in [-0.25, -0.2) is 27.7 Å². The maximum atomic E-state index is 12.9. The van der Waals surface area contributed by atoms with Crippen molar-refractivity contribution < 1.29 is 61.8 Å². The van der Waals surface area contributed by atoms with Crippen molar-refractivity contribution in [1.82, 2.24) is 29.5 Å². The third-order valence-electron chi connectivity index (χ3n) is 4.82. The molecule has 0 aliphatic carbocycles. The van der Waals surface area contributed by atoms with E-state index in [0.717, 1.165) is 54.8 Å². The molecule has 0 unspecified atom stereocenters. The van der Waals surface area contributed by atoms with Crippen LogP contribution < -0.4 is 9.47 Å². The summed E-state index contributed by atoms with van der Waals surface area (Å²) >= 11 is 16.9. The molecule has 0 fully saturated rings. The number of ether oxygens (including phenoxy) is 2. The predicted octanol–water partition coefficient (Wildman–Crippen LogP) is 9.85. The molecule has 27 heteroatoms. The standard InChI is InChI=1S/C10H7ClF5N3OS2.C7H6BrF5N2O.C4H4ClNO2S2.2CH4/c1-19-7(20-8(12)13)4(6(18-19)10(14,15)16)3-21-9-17-2-5(11)22-9;1-15-5(16-6(9)10)3(2-8)4(14-15)7(11,12)13;1-10(7,8)4-6-2-3(5)9-4;;/h2,8H,3H2,1H3;6H,2H2,1H3;2H,1H3;2*1H4. The van der Waals surface area contributed by atoms with Crippen LogP contribution in [0.25, 0.3) is 0 Å². The molecule has 0 radical (unpaired) electrons. The minimum absolute atomic E-state index is 0. The van der Waals surface area contributed by atoms with E-state index in [1.165, 1.54) is 12.4 Å². The van der Waals surface area contributed by atoms with Crippen molar-refractivity contribution in [3.05, 3.63) is 43.6 Å². The SMILES string of the molecule is C.C.CS(=O)(=O)c1ncc(Cl)s1.Cn1nc(C(F)(F)F)c(CBr)c1OC(F)F.Cn1nc(C(F)(F)F)c(CSc2ncc(Cl)s2)c1OC(F)F. The van der Waals surface area contributed by atoms with Crippen LogP contribution >= 0.6 is 73.6 Å². The summed E-state index contributed by atoms with van der Waals surface area (Å²) in [6.45, 7) is -6.45. The molecule has 0 spiro atoms. The van der Waals surface area contributed by atoms with Crippen molar-refractivity contribution in [3.63, 3.8) is 0 Å². The number of rotatable bonds is 9. The smallest absolute Gasteiger partial charge is 0.417 e. The molecule has 0 amide bonds. The summed E-state index contributed by atoms with van der Waals surface area (Å²) in [7, 11) is -0.964. The maximum absolute atomic E-state index is 12.9. The Morgan fingerprint density at radius 3 is 1.58 bits per heavy atom. The highest BCUT2D eigenvalue weighted by Crippen LogP contribution is 2.40. The van der Waals surface area contributed by atoms with Crippen LogP contribution in [0, 0.1) is 0 Å². The molecule has 0 saturated carbocycles. The zero-order chi connectivity index (χ0) is 36.8. The molecule has 4 rings (SSSR count). The first-order valence-electron chi connectivity index (χ1n) is 11.7. The monoisotopic (exact) mass is 916 g/mol. The largest absolute Gasteiger partial charge is 0.435 e. The lowest BCUT2D eigenvalue weighted by molar-refractivity contribution is -0.142. The molecule has 4 aromatic heterocycles. The van der Waals surface area contributed by atoms with E-state index in [4.69, 9.17) is 23.2 Å². The highest BCUT2D eigenvalue weighted by Gasteiger charge is 2.40. The molecule has 4 aromatic rings. The van der Waals surface area contributed by atoms with Crippen LogP contribution in [0.5, 0.6) is 11.8 Å². The van der Waals surface area contributed by atoms with Gasteiger partial charge in [-0.15, -0.1) is 0 Å². The van der Waals surface area contributed by atoms with E-state index >= 15 is 0 Å². The Morgan fingerprint density at radius 1 is 0.840 bits per heavy atom. The van der Waals surface area contributed by atoms with Gasteiger partial charge in [0.2, 0.25) is 25.9 Å².